The van der Waals surface area contributed by atoms with Crippen molar-refractivity contribution in [2.75, 3.05) is 20.3 Å². The Kier molecular flexibility index (Phi) is 3.99. The second-order valence-electron chi connectivity index (χ2n) is 6.18. The Morgan fingerprint density at radius 3 is 2.96 bits per heavy atom. The summed E-state index contributed by atoms with van der Waals surface area (Å²) in [6, 6.07) is 3.62. The molecule has 3 heterocycles. The summed E-state index contributed by atoms with van der Waals surface area (Å²) in [5.74, 6) is 1.16. The maximum atomic E-state index is 12.5. The molecular weight excluding hydrogens is 310 g/mol. The Morgan fingerprint density at radius 2 is 2.25 bits per heavy atom. The average molecular weight is 329 g/mol. The summed E-state index contributed by atoms with van der Waals surface area (Å²) < 4.78 is 12.7. The van der Waals surface area contributed by atoms with Gasteiger partial charge in [0.15, 0.2) is 0 Å². The molecule has 8 nitrogen and oxygen atoms in total. The van der Waals surface area contributed by atoms with Crippen LogP contribution >= 0.6 is 0 Å². The van der Waals surface area contributed by atoms with Crippen LogP contribution in [-0.4, -0.2) is 58.1 Å². The Hall–Kier alpha value is -2.32. The van der Waals surface area contributed by atoms with Crippen LogP contribution in [0.15, 0.2) is 31.0 Å². The molecule has 0 unspecified atom stereocenters. The zero-order valence-corrected chi connectivity index (χ0v) is 13.3. The molecule has 2 aromatic heterocycles. The number of pyridine rings is 1. The van der Waals surface area contributed by atoms with Crippen LogP contribution in [0.25, 0.3) is 5.82 Å². The molecule has 8 heteroatoms. The lowest BCUT2D eigenvalue weighted by molar-refractivity contribution is -0.0809. The van der Waals surface area contributed by atoms with Gasteiger partial charge in [-0.05, 0) is 18.6 Å². The third-order valence-corrected chi connectivity index (χ3v) is 4.88. The molecule has 1 saturated carbocycles. The number of rotatable bonds is 5. The predicted octanol–water partition coefficient (Wildman–Crippen LogP) is 0.442. The first kappa shape index (κ1) is 15.2. The normalized spacial score (nSPS) is 28.2. The Balaban J connectivity index is 1.44. The molecule has 126 valence electrons. The van der Waals surface area contributed by atoms with Crippen LogP contribution in [0.3, 0.4) is 0 Å². The second kappa shape index (κ2) is 6.29. The fourth-order valence-corrected chi connectivity index (χ4v) is 3.66. The van der Waals surface area contributed by atoms with Crippen molar-refractivity contribution in [1.29, 1.82) is 0 Å². The van der Waals surface area contributed by atoms with Crippen molar-refractivity contribution in [3.05, 3.63) is 36.5 Å². The fraction of sp³-hybridized carbons (Fsp3) is 0.500. The van der Waals surface area contributed by atoms with Crippen LogP contribution in [0.5, 0.6) is 0 Å². The minimum Gasteiger partial charge on any atom is -0.384 e. The summed E-state index contributed by atoms with van der Waals surface area (Å²) in [6.07, 6.45) is 5.89. The lowest BCUT2D eigenvalue weighted by Gasteiger charge is -2.47. The van der Waals surface area contributed by atoms with E-state index < -0.39 is 0 Å². The smallest absolute Gasteiger partial charge is 0.253 e. The van der Waals surface area contributed by atoms with Crippen molar-refractivity contribution in [2.24, 2.45) is 11.8 Å². The monoisotopic (exact) mass is 329 g/mol. The van der Waals surface area contributed by atoms with Gasteiger partial charge in [-0.3, -0.25) is 9.36 Å². The molecule has 2 aliphatic rings. The third-order valence-electron chi connectivity index (χ3n) is 4.88. The van der Waals surface area contributed by atoms with E-state index in [4.69, 9.17) is 9.47 Å². The molecule has 4 rings (SSSR count). The van der Waals surface area contributed by atoms with E-state index >= 15 is 0 Å². The van der Waals surface area contributed by atoms with Crippen LogP contribution in [0.2, 0.25) is 0 Å². The number of ether oxygens (including phenoxy) is 2. The highest BCUT2D eigenvalue weighted by molar-refractivity contribution is 5.94. The van der Waals surface area contributed by atoms with Crippen molar-refractivity contribution in [3.63, 3.8) is 0 Å². The highest BCUT2D eigenvalue weighted by Gasteiger charge is 2.54. The molecule has 1 N–H and O–H groups in total. The van der Waals surface area contributed by atoms with Gasteiger partial charge in [0, 0.05) is 37.8 Å². The van der Waals surface area contributed by atoms with Gasteiger partial charge in [0.1, 0.15) is 18.5 Å². The maximum Gasteiger partial charge on any atom is 0.253 e. The molecule has 1 amide bonds. The van der Waals surface area contributed by atoms with Crippen LogP contribution < -0.4 is 5.32 Å². The van der Waals surface area contributed by atoms with Gasteiger partial charge in [0.05, 0.1) is 18.3 Å². The lowest BCUT2D eigenvalue weighted by Crippen LogP contribution is -2.62. The summed E-state index contributed by atoms with van der Waals surface area (Å²) in [5, 5.41) is 10.6. The Labute approximate surface area is 139 Å². The minimum absolute atomic E-state index is 0.0995. The number of aromatic nitrogens is 4. The van der Waals surface area contributed by atoms with Gasteiger partial charge in [0.25, 0.3) is 5.91 Å². The van der Waals surface area contributed by atoms with Gasteiger partial charge in [-0.1, -0.05) is 0 Å². The molecule has 1 saturated heterocycles. The van der Waals surface area contributed by atoms with E-state index in [0.717, 1.165) is 13.0 Å². The van der Waals surface area contributed by atoms with E-state index in [1.54, 1.807) is 42.7 Å². The highest BCUT2D eigenvalue weighted by atomic mass is 16.5. The van der Waals surface area contributed by atoms with Crippen LogP contribution in [-0.2, 0) is 9.47 Å². The number of nitrogens with one attached hydrogen (secondary N) is 1. The SMILES string of the molecule is COC[C@@H]1[C@@H](NC(=O)c2ccc(-n3cnnc3)nc2)[C@@H]2CCO[C@H]12. The molecule has 2 aromatic rings. The second-order valence-corrected chi connectivity index (χ2v) is 6.18. The number of amides is 1. The van der Waals surface area contributed by atoms with Gasteiger partial charge in [0.2, 0.25) is 0 Å². The summed E-state index contributed by atoms with van der Waals surface area (Å²) in [7, 11) is 1.68. The zero-order valence-electron chi connectivity index (χ0n) is 13.3. The van der Waals surface area contributed by atoms with Gasteiger partial charge in [-0.15, -0.1) is 10.2 Å². The summed E-state index contributed by atoms with van der Waals surface area (Å²) in [4.78, 5) is 16.8. The Morgan fingerprint density at radius 1 is 1.42 bits per heavy atom. The van der Waals surface area contributed by atoms with E-state index in [1.165, 1.54) is 0 Å². The number of fused-ring (bicyclic) bond motifs is 1. The molecule has 1 aliphatic heterocycles. The number of hydrogen-bond acceptors (Lipinski definition) is 6. The molecule has 1 aliphatic carbocycles. The molecule has 0 aromatic carbocycles. The first-order valence-electron chi connectivity index (χ1n) is 8.00. The highest BCUT2D eigenvalue weighted by Crippen LogP contribution is 2.43. The minimum atomic E-state index is -0.116. The van der Waals surface area contributed by atoms with Gasteiger partial charge in [-0.2, -0.15) is 0 Å². The zero-order chi connectivity index (χ0) is 16.5. The van der Waals surface area contributed by atoms with Crippen molar-refractivity contribution in [1.82, 2.24) is 25.1 Å². The number of nitrogens with zero attached hydrogens (tertiary/aromatic N) is 4. The van der Waals surface area contributed by atoms with Gasteiger partial charge in [-0.25, -0.2) is 4.98 Å². The first-order valence-corrected chi connectivity index (χ1v) is 8.00. The average Bonchev–Trinajstić information content (AvgIpc) is 3.28. The van der Waals surface area contributed by atoms with Crippen LogP contribution in [0, 0.1) is 11.8 Å². The van der Waals surface area contributed by atoms with Crippen LogP contribution in [0.1, 0.15) is 16.8 Å². The third kappa shape index (κ3) is 2.57. The fourth-order valence-electron chi connectivity index (χ4n) is 3.66. The van der Waals surface area contributed by atoms with Crippen molar-refractivity contribution in [3.8, 4) is 5.82 Å². The number of methoxy groups -OCH3 is 1. The van der Waals surface area contributed by atoms with E-state index in [1.807, 2.05) is 0 Å². The number of carbonyl (C=O) groups excluding carboxylic acids is 1. The van der Waals surface area contributed by atoms with Crippen molar-refractivity contribution >= 4 is 5.91 Å². The Bertz CT molecular complexity index is 703. The van der Waals surface area contributed by atoms with Gasteiger partial charge < -0.3 is 14.8 Å². The summed E-state index contributed by atoms with van der Waals surface area (Å²) >= 11 is 0. The van der Waals surface area contributed by atoms with Crippen molar-refractivity contribution in [2.45, 2.75) is 18.6 Å². The summed E-state index contributed by atoms with van der Waals surface area (Å²) in [5.41, 5.74) is 0.533. The standard InChI is InChI=1S/C16H19N5O3/c1-23-7-12-14(11-4-5-24-15(11)12)20-16(22)10-2-3-13(17-6-10)21-8-18-19-9-21/h2-3,6,8-9,11-12,14-15H,4-5,7H2,1H3,(H,20,22)/t11-,12+,14-,15-/m0/s1. The van der Waals surface area contributed by atoms with Crippen LogP contribution in [0.4, 0.5) is 0 Å². The molecule has 0 radical (unpaired) electrons. The van der Waals surface area contributed by atoms with E-state index in [9.17, 15) is 4.79 Å². The number of hydrogen-bond donors (Lipinski definition) is 1. The lowest BCUT2D eigenvalue weighted by atomic mass is 9.67. The molecule has 0 spiro atoms. The van der Waals surface area contributed by atoms with E-state index in [2.05, 4.69) is 20.5 Å². The first-order chi connectivity index (χ1) is 11.8. The molecule has 2 fully saturated rings. The molecule has 0 bridgehead atoms. The number of carbonyl (C=O) groups is 1. The van der Waals surface area contributed by atoms with E-state index in [-0.39, 0.29) is 24.0 Å². The molecular formula is C16H19N5O3. The largest absolute Gasteiger partial charge is 0.384 e. The quantitative estimate of drug-likeness (QED) is 0.856. The topological polar surface area (TPSA) is 91.2 Å². The summed E-state index contributed by atoms with van der Waals surface area (Å²) in [6.45, 7) is 1.36. The molecule has 24 heavy (non-hydrogen) atoms. The maximum absolute atomic E-state index is 12.5. The van der Waals surface area contributed by atoms with Gasteiger partial charge >= 0.3 is 0 Å². The predicted molar refractivity (Wildman–Crippen MR) is 83.6 cm³/mol. The van der Waals surface area contributed by atoms with Crippen molar-refractivity contribution < 1.29 is 14.3 Å². The molecule has 4 atom stereocenters. The van der Waals surface area contributed by atoms with E-state index in [0.29, 0.717) is 23.9 Å².